The average molecular weight is 307 g/mol. The first-order valence-corrected chi connectivity index (χ1v) is 7.55. The van der Waals surface area contributed by atoms with Gasteiger partial charge in [0.15, 0.2) is 0 Å². The summed E-state index contributed by atoms with van der Waals surface area (Å²) in [5.41, 5.74) is 2.47. The van der Waals surface area contributed by atoms with Crippen LogP contribution in [0, 0.1) is 0 Å². The van der Waals surface area contributed by atoms with Crippen molar-refractivity contribution in [3.8, 4) is 0 Å². The number of hydrogen-bond donors (Lipinski definition) is 0. The minimum Gasteiger partial charge on any atom is -0.298 e. The standard InChI is InChI=1S/C16H16Cl2N2/c17-15-8-16(18)19-9-14(15)11-20-7-6-13(10-20)12-4-2-1-3-5-12/h1-5,8-9,13H,6-7,10-11H2. The molecule has 0 bridgehead atoms. The van der Waals surface area contributed by atoms with Gasteiger partial charge in [-0.1, -0.05) is 53.5 Å². The van der Waals surface area contributed by atoms with Crippen LogP contribution in [0.15, 0.2) is 42.6 Å². The highest BCUT2D eigenvalue weighted by molar-refractivity contribution is 6.34. The fourth-order valence-corrected chi connectivity index (χ4v) is 3.19. The van der Waals surface area contributed by atoms with Gasteiger partial charge in [0.25, 0.3) is 0 Å². The van der Waals surface area contributed by atoms with Crippen LogP contribution < -0.4 is 0 Å². The van der Waals surface area contributed by atoms with E-state index in [1.807, 2.05) is 0 Å². The van der Waals surface area contributed by atoms with Gasteiger partial charge in [-0.2, -0.15) is 0 Å². The number of benzene rings is 1. The normalized spacial score (nSPS) is 19.4. The second kappa shape index (κ2) is 6.13. The molecule has 2 heterocycles. The maximum Gasteiger partial charge on any atom is 0.130 e. The van der Waals surface area contributed by atoms with Crippen molar-refractivity contribution in [3.63, 3.8) is 0 Å². The minimum atomic E-state index is 0.447. The molecular weight excluding hydrogens is 291 g/mol. The van der Waals surface area contributed by atoms with Crippen molar-refractivity contribution in [3.05, 3.63) is 63.9 Å². The number of likely N-dealkylation sites (tertiary alicyclic amines) is 1. The third-order valence-corrected chi connectivity index (χ3v) is 4.39. The molecule has 1 unspecified atom stereocenters. The van der Waals surface area contributed by atoms with E-state index >= 15 is 0 Å². The summed E-state index contributed by atoms with van der Waals surface area (Å²) in [5, 5.41) is 1.15. The molecule has 104 valence electrons. The first-order valence-electron chi connectivity index (χ1n) is 6.79. The lowest BCUT2D eigenvalue weighted by atomic mass is 9.99. The van der Waals surface area contributed by atoms with Gasteiger partial charge in [0.05, 0.1) is 0 Å². The molecule has 0 radical (unpaired) electrons. The van der Waals surface area contributed by atoms with Crippen molar-refractivity contribution in [1.29, 1.82) is 0 Å². The Bertz CT molecular complexity index is 586. The zero-order chi connectivity index (χ0) is 13.9. The van der Waals surface area contributed by atoms with Crippen LogP contribution in [-0.4, -0.2) is 23.0 Å². The Morgan fingerprint density at radius 2 is 2.00 bits per heavy atom. The van der Waals surface area contributed by atoms with Crippen LogP contribution in [0.2, 0.25) is 10.2 Å². The van der Waals surface area contributed by atoms with Crippen LogP contribution in [0.5, 0.6) is 0 Å². The van der Waals surface area contributed by atoms with Gasteiger partial charge in [0.1, 0.15) is 5.15 Å². The average Bonchev–Trinajstić information content (AvgIpc) is 2.92. The third-order valence-electron chi connectivity index (χ3n) is 3.83. The predicted molar refractivity (Wildman–Crippen MR) is 83.3 cm³/mol. The lowest BCUT2D eigenvalue weighted by Crippen LogP contribution is -2.20. The summed E-state index contributed by atoms with van der Waals surface area (Å²) < 4.78 is 0. The molecule has 0 N–H and O–H groups in total. The van der Waals surface area contributed by atoms with E-state index in [2.05, 4.69) is 40.2 Å². The summed E-state index contributed by atoms with van der Waals surface area (Å²) in [6, 6.07) is 12.4. The quantitative estimate of drug-likeness (QED) is 0.782. The molecule has 0 saturated carbocycles. The molecule has 1 aliphatic rings. The molecule has 0 aliphatic carbocycles. The van der Waals surface area contributed by atoms with Gasteiger partial charge in [0, 0.05) is 29.9 Å². The van der Waals surface area contributed by atoms with Gasteiger partial charge in [0.2, 0.25) is 0 Å². The topological polar surface area (TPSA) is 16.1 Å². The molecule has 1 saturated heterocycles. The maximum atomic E-state index is 6.21. The number of pyridine rings is 1. The Morgan fingerprint density at radius 1 is 1.20 bits per heavy atom. The SMILES string of the molecule is Clc1cc(Cl)c(CN2CCC(c3ccccc3)C2)cn1. The molecule has 0 amide bonds. The second-order valence-corrected chi connectivity index (χ2v) is 6.02. The van der Waals surface area contributed by atoms with Crippen molar-refractivity contribution in [2.24, 2.45) is 0 Å². The van der Waals surface area contributed by atoms with Gasteiger partial charge < -0.3 is 0 Å². The second-order valence-electron chi connectivity index (χ2n) is 5.23. The molecule has 4 heteroatoms. The number of nitrogens with zero attached hydrogens (tertiary/aromatic N) is 2. The van der Waals surface area contributed by atoms with Gasteiger partial charge in [-0.3, -0.25) is 4.90 Å². The van der Waals surface area contributed by atoms with Crippen molar-refractivity contribution < 1.29 is 0 Å². The van der Waals surface area contributed by atoms with Crippen LogP contribution in [0.4, 0.5) is 0 Å². The molecule has 1 aromatic carbocycles. The van der Waals surface area contributed by atoms with E-state index in [1.54, 1.807) is 12.3 Å². The van der Waals surface area contributed by atoms with Crippen molar-refractivity contribution in [2.45, 2.75) is 18.9 Å². The highest BCUT2D eigenvalue weighted by Crippen LogP contribution is 2.29. The Labute approximate surface area is 129 Å². The van der Waals surface area contributed by atoms with E-state index in [9.17, 15) is 0 Å². The highest BCUT2D eigenvalue weighted by atomic mass is 35.5. The molecule has 1 aromatic heterocycles. The highest BCUT2D eigenvalue weighted by Gasteiger charge is 2.24. The van der Waals surface area contributed by atoms with Gasteiger partial charge in [-0.15, -0.1) is 0 Å². The van der Waals surface area contributed by atoms with Crippen LogP contribution in [-0.2, 0) is 6.54 Å². The molecule has 2 nitrogen and oxygen atoms in total. The van der Waals surface area contributed by atoms with Crippen LogP contribution in [0.1, 0.15) is 23.5 Å². The van der Waals surface area contributed by atoms with Crippen molar-refractivity contribution in [2.75, 3.05) is 13.1 Å². The summed E-state index contributed by atoms with van der Waals surface area (Å²) in [6.07, 6.45) is 2.98. The number of hydrogen-bond acceptors (Lipinski definition) is 2. The van der Waals surface area contributed by atoms with E-state index in [1.165, 1.54) is 12.0 Å². The van der Waals surface area contributed by atoms with Gasteiger partial charge in [-0.25, -0.2) is 4.98 Å². The molecule has 3 rings (SSSR count). The van der Waals surface area contributed by atoms with E-state index in [0.717, 1.165) is 25.2 Å². The van der Waals surface area contributed by atoms with Crippen molar-refractivity contribution in [1.82, 2.24) is 9.88 Å². The monoisotopic (exact) mass is 306 g/mol. The number of aromatic nitrogens is 1. The van der Waals surface area contributed by atoms with Crippen LogP contribution >= 0.6 is 23.2 Å². The molecule has 20 heavy (non-hydrogen) atoms. The number of rotatable bonds is 3. The lowest BCUT2D eigenvalue weighted by Gasteiger charge is -2.17. The van der Waals surface area contributed by atoms with Crippen LogP contribution in [0.25, 0.3) is 0 Å². The van der Waals surface area contributed by atoms with E-state index < -0.39 is 0 Å². The zero-order valence-corrected chi connectivity index (χ0v) is 12.6. The summed E-state index contributed by atoms with van der Waals surface area (Å²) in [7, 11) is 0. The predicted octanol–water partition coefficient (Wildman–Crippen LogP) is 4.38. The Hall–Kier alpha value is -1.09. The van der Waals surface area contributed by atoms with E-state index in [4.69, 9.17) is 23.2 Å². The third kappa shape index (κ3) is 3.14. The maximum absolute atomic E-state index is 6.21. The smallest absolute Gasteiger partial charge is 0.130 e. The summed E-state index contributed by atoms with van der Waals surface area (Å²) in [4.78, 5) is 6.54. The molecule has 1 atom stereocenters. The Kier molecular flexibility index (Phi) is 4.25. The largest absolute Gasteiger partial charge is 0.298 e. The van der Waals surface area contributed by atoms with Gasteiger partial charge in [-0.05, 0) is 30.5 Å². The first-order chi connectivity index (χ1) is 9.72. The minimum absolute atomic E-state index is 0.447. The Morgan fingerprint density at radius 3 is 2.75 bits per heavy atom. The number of halogens is 2. The van der Waals surface area contributed by atoms with Gasteiger partial charge >= 0.3 is 0 Å². The van der Waals surface area contributed by atoms with Crippen LogP contribution in [0.3, 0.4) is 0 Å². The lowest BCUT2D eigenvalue weighted by molar-refractivity contribution is 0.326. The summed E-state index contributed by atoms with van der Waals surface area (Å²) >= 11 is 12.0. The van der Waals surface area contributed by atoms with E-state index in [0.29, 0.717) is 16.1 Å². The molecular formula is C16H16Cl2N2. The molecule has 0 spiro atoms. The van der Waals surface area contributed by atoms with Crippen molar-refractivity contribution >= 4 is 23.2 Å². The zero-order valence-electron chi connectivity index (χ0n) is 11.1. The summed E-state index contributed by atoms with van der Waals surface area (Å²) in [6.45, 7) is 3.01. The Balaban J connectivity index is 1.66. The fourth-order valence-electron chi connectivity index (χ4n) is 2.77. The first kappa shape index (κ1) is 13.9. The fraction of sp³-hybridized carbons (Fsp3) is 0.312. The summed E-state index contributed by atoms with van der Waals surface area (Å²) in [5.74, 6) is 0.621. The van der Waals surface area contributed by atoms with E-state index in [-0.39, 0.29) is 0 Å². The molecule has 2 aromatic rings. The molecule has 1 aliphatic heterocycles. The molecule has 1 fully saturated rings.